The van der Waals surface area contributed by atoms with Gasteiger partial charge in [0.1, 0.15) is 12.4 Å². The molecule has 0 unspecified atom stereocenters. The van der Waals surface area contributed by atoms with Crippen LogP contribution in [0.15, 0.2) is 22.9 Å². The number of esters is 1. The summed E-state index contributed by atoms with van der Waals surface area (Å²) in [7, 11) is 1.34. The maximum absolute atomic E-state index is 11.6. The molecular formula is C13H9ClO3S. The molecule has 18 heavy (non-hydrogen) atoms. The summed E-state index contributed by atoms with van der Waals surface area (Å²) in [4.78, 5) is 11.6. The van der Waals surface area contributed by atoms with Crippen molar-refractivity contribution in [3.8, 4) is 16.9 Å². The van der Waals surface area contributed by atoms with E-state index in [2.05, 4.69) is 0 Å². The highest BCUT2D eigenvalue weighted by Crippen LogP contribution is 2.42. The second-order valence-corrected chi connectivity index (χ2v) is 5.07. The van der Waals surface area contributed by atoms with E-state index in [1.807, 2.05) is 10.8 Å². The molecule has 1 aromatic heterocycles. The summed E-state index contributed by atoms with van der Waals surface area (Å²) in [5, 5.41) is 4.44. The predicted octanol–water partition coefficient (Wildman–Crippen LogP) is 3.75. The van der Waals surface area contributed by atoms with Crippen molar-refractivity contribution in [2.24, 2.45) is 0 Å². The van der Waals surface area contributed by atoms with Gasteiger partial charge in [0.25, 0.3) is 0 Å². The lowest BCUT2D eigenvalue weighted by atomic mass is 9.99. The summed E-state index contributed by atoms with van der Waals surface area (Å²) in [5.41, 5.74) is 3.48. The van der Waals surface area contributed by atoms with E-state index >= 15 is 0 Å². The van der Waals surface area contributed by atoms with E-state index in [0.717, 1.165) is 16.7 Å². The number of carbonyl (C=O) groups excluding carboxylic acids is 1. The van der Waals surface area contributed by atoms with Crippen LogP contribution in [0.3, 0.4) is 0 Å². The monoisotopic (exact) mass is 280 g/mol. The van der Waals surface area contributed by atoms with Gasteiger partial charge in [-0.15, -0.1) is 0 Å². The fraction of sp³-hybridized carbons (Fsp3) is 0.154. The van der Waals surface area contributed by atoms with Crippen LogP contribution in [0, 0.1) is 0 Å². The summed E-state index contributed by atoms with van der Waals surface area (Å²) in [5.74, 6) is 0.267. The molecular weight excluding hydrogens is 272 g/mol. The van der Waals surface area contributed by atoms with Gasteiger partial charge in [-0.1, -0.05) is 11.6 Å². The van der Waals surface area contributed by atoms with E-state index in [1.165, 1.54) is 7.11 Å². The number of fused-ring (bicyclic) bond motifs is 3. The topological polar surface area (TPSA) is 35.5 Å². The van der Waals surface area contributed by atoms with Gasteiger partial charge in [0.15, 0.2) is 0 Å². The first-order chi connectivity index (χ1) is 8.70. The van der Waals surface area contributed by atoms with Gasteiger partial charge < -0.3 is 9.47 Å². The standard InChI is InChI=1S/C13H9ClO3S/c1-16-13(15)9-2-8-10-6-18-5-7(10)4-17-12(8)3-11(9)14/h2-3,5-6H,4H2,1H3. The van der Waals surface area contributed by atoms with Crippen molar-refractivity contribution in [1.29, 1.82) is 0 Å². The lowest BCUT2D eigenvalue weighted by molar-refractivity contribution is 0.0601. The van der Waals surface area contributed by atoms with Crippen LogP contribution in [0.25, 0.3) is 11.1 Å². The lowest BCUT2D eigenvalue weighted by Crippen LogP contribution is -2.07. The van der Waals surface area contributed by atoms with E-state index in [0.29, 0.717) is 22.9 Å². The third-order valence-corrected chi connectivity index (χ3v) is 4.00. The number of thiophene rings is 1. The zero-order valence-electron chi connectivity index (χ0n) is 9.53. The highest BCUT2D eigenvalue weighted by molar-refractivity contribution is 7.08. The number of hydrogen-bond acceptors (Lipinski definition) is 4. The Morgan fingerprint density at radius 1 is 1.39 bits per heavy atom. The molecule has 2 aromatic rings. The van der Waals surface area contributed by atoms with E-state index in [9.17, 15) is 4.79 Å². The Bertz CT molecular complexity index is 633. The molecule has 3 rings (SSSR count). The molecule has 2 heterocycles. The minimum absolute atomic E-state index is 0.347. The largest absolute Gasteiger partial charge is 0.488 e. The molecule has 92 valence electrons. The Labute approximate surface area is 113 Å². The molecule has 0 bridgehead atoms. The minimum atomic E-state index is -0.440. The number of carbonyl (C=O) groups is 1. The van der Waals surface area contributed by atoms with Crippen LogP contribution in [-0.2, 0) is 11.3 Å². The molecule has 0 fully saturated rings. The lowest BCUT2D eigenvalue weighted by Gasteiger charge is -2.19. The Hall–Kier alpha value is -1.52. The van der Waals surface area contributed by atoms with Gasteiger partial charge in [-0.25, -0.2) is 4.79 Å². The van der Waals surface area contributed by atoms with Gasteiger partial charge in [0.2, 0.25) is 0 Å². The molecule has 0 amide bonds. The van der Waals surface area contributed by atoms with Crippen LogP contribution in [0.2, 0.25) is 5.02 Å². The maximum Gasteiger partial charge on any atom is 0.339 e. The molecule has 0 spiro atoms. The molecule has 0 aliphatic carbocycles. The Kier molecular flexibility index (Phi) is 2.76. The number of halogens is 1. The molecule has 1 aliphatic heterocycles. The van der Waals surface area contributed by atoms with Crippen molar-refractivity contribution in [2.75, 3.05) is 7.11 Å². The zero-order chi connectivity index (χ0) is 12.7. The molecule has 0 saturated heterocycles. The van der Waals surface area contributed by atoms with Crippen LogP contribution >= 0.6 is 22.9 Å². The van der Waals surface area contributed by atoms with Crippen molar-refractivity contribution >= 4 is 28.9 Å². The number of rotatable bonds is 1. The van der Waals surface area contributed by atoms with Gasteiger partial charge in [-0.2, -0.15) is 11.3 Å². The molecule has 1 aliphatic rings. The third kappa shape index (κ3) is 1.69. The quantitative estimate of drug-likeness (QED) is 0.747. The molecule has 5 heteroatoms. The van der Waals surface area contributed by atoms with Gasteiger partial charge in [0.05, 0.1) is 17.7 Å². The Morgan fingerprint density at radius 2 is 2.22 bits per heavy atom. The number of methoxy groups -OCH3 is 1. The van der Waals surface area contributed by atoms with E-state index in [4.69, 9.17) is 21.1 Å². The second kappa shape index (κ2) is 4.30. The number of ether oxygens (including phenoxy) is 2. The Morgan fingerprint density at radius 3 is 3.00 bits per heavy atom. The van der Waals surface area contributed by atoms with Crippen LogP contribution in [0.4, 0.5) is 0 Å². The molecule has 0 radical (unpaired) electrons. The predicted molar refractivity (Wildman–Crippen MR) is 70.4 cm³/mol. The highest BCUT2D eigenvalue weighted by Gasteiger charge is 2.22. The van der Waals surface area contributed by atoms with Crippen molar-refractivity contribution < 1.29 is 14.3 Å². The fourth-order valence-electron chi connectivity index (χ4n) is 1.98. The smallest absolute Gasteiger partial charge is 0.339 e. The highest BCUT2D eigenvalue weighted by atomic mass is 35.5. The van der Waals surface area contributed by atoms with Crippen molar-refractivity contribution in [3.63, 3.8) is 0 Å². The van der Waals surface area contributed by atoms with Crippen molar-refractivity contribution in [3.05, 3.63) is 39.0 Å². The Balaban J connectivity index is 2.20. The molecule has 1 aromatic carbocycles. The van der Waals surface area contributed by atoms with Crippen molar-refractivity contribution in [1.82, 2.24) is 0 Å². The summed E-state index contributed by atoms with van der Waals surface area (Å²) < 4.78 is 10.3. The normalized spacial score (nSPS) is 12.3. The van der Waals surface area contributed by atoms with Gasteiger partial charge in [0, 0.05) is 22.8 Å². The summed E-state index contributed by atoms with van der Waals surface area (Å²) in [6.45, 7) is 0.541. The van der Waals surface area contributed by atoms with Gasteiger partial charge in [-0.3, -0.25) is 0 Å². The van der Waals surface area contributed by atoms with Crippen LogP contribution < -0.4 is 4.74 Å². The average Bonchev–Trinajstić information content (AvgIpc) is 2.85. The van der Waals surface area contributed by atoms with E-state index < -0.39 is 5.97 Å². The molecule has 0 atom stereocenters. The van der Waals surface area contributed by atoms with Gasteiger partial charge in [-0.05, 0) is 16.8 Å². The summed E-state index contributed by atoms with van der Waals surface area (Å²) >= 11 is 7.67. The minimum Gasteiger partial charge on any atom is -0.488 e. The van der Waals surface area contributed by atoms with Crippen LogP contribution in [-0.4, -0.2) is 13.1 Å². The zero-order valence-corrected chi connectivity index (χ0v) is 11.1. The fourth-order valence-corrected chi connectivity index (χ4v) is 3.05. The number of benzene rings is 1. The summed E-state index contributed by atoms with van der Waals surface area (Å²) in [6.07, 6.45) is 0. The van der Waals surface area contributed by atoms with Crippen molar-refractivity contribution in [2.45, 2.75) is 6.61 Å². The molecule has 0 N–H and O–H groups in total. The third-order valence-electron chi connectivity index (χ3n) is 2.89. The van der Waals surface area contributed by atoms with E-state index in [1.54, 1.807) is 23.5 Å². The van der Waals surface area contributed by atoms with E-state index in [-0.39, 0.29) is 0 Å². The first-order valence-corrected chi connectivity index (χ1v) is 6.63. The first-order valence-electron chi connectivity index (χ1n) is 5.31. The maximum atomic E-state index is 11.6. The SMILES string of the molecule is COC(=O)c1cc2c(cc1Cl)OCc1cscc1-2. The molecule has 3 nitrogen and oxygen atoms in total. The molecule has 0 saturated carbocycles. The average molecular weight is 281 g/mol. The number of hydrogen-bond donors (Lipinski definition) is 0. The second-order valence-electron chi connectivity index (χ2n) is 3.92. The van der Waals surface area contributed by atoms with Gasteiger partial charge >= 0.3 is 5.97 Å². The van der Waals surface area contributed by atoms with Crippen LogP contribution in [0.5, 0.6) is 5.75 Å². The summed E-state index contributed by atoms with van der Waals surface area (Å²) in [6, 6.07) is 3.40. The first kappa shape index (κ1) is 11.6. The van der Waals surface area contributed by atoms with Crippen LogP contribution in [0.1, 0.15) is 15.9 Å².